The molecule has 1 aromatic carbocycles. The maximum atomic E-state index is 12.1. The molecule has 1 amide bonds. The summed E-state index contributed by atoms with van der Waals surface area (Å²) in [7, 11) is 1.69. The molecule has 0 atom stereocenters. The average Bonchev–Trinajstić information content (AvgIpc) is 3.35. The molecule has 1 fully saturated rings. The van der Waals surface area contributed by atoms with E-state index in [0.29, 0.717) is 12.3 Å². The zero-order valence-electron chi connectivity index (χ0n) is 17.4. The number of amides is 1. The molecule has 0 radical (unpaired) electrons. The predicted molar refractivity (Wildman–Crippen MR) is 126 cm³/mol. The monoisotopic (exact) mass is 455 g/mol. The SMILES string of the molecule is COc1cccc(N2CCN(c3cc(SCC(=O)NCc4cccs4)ncn3)CC2)c1. The number of carbonyl (C=O) groups excluding carboxylic acids is 1. The number of carbonyl (C=O) groups is 1. The zero-order valence-corrected chi connectivity index (χ0v) is 19.0. The molecule has 162 valence electrons. The first-order valence-corrected chi connectivity index (χ1v) is 12.0. The quantitative estimate of drug-likeness (QED) is 0.413. The number of hydrogen-bond donors (Lipinski definition) is 1. The Hall–Kier alpha value is -2.78. The zero-order chi connectivity index (χ0) is 21.5. The molecule has 7 nitrogen and oxygen atoms in total. The summed E-state index contributed by atoms with van der Waals surface area (Å²) in [5.74, 6) is 2.12. The molecule has 9 heteroatoms. The number of benzene rings is 1. The van der Waals surface area contributed by atoms with Crippen molar-refractivity contribution >= 4 is 40.5 Å². The second kappa shape index (κ2) is 10.5. The van der Waals surface area contributed by atoms with Gasteiger partial charge in [-0.1, -0.05) is 23.9 Å². The number of nitrogens with one attached hydrogen (secondary N) is 1. The normalized spacial score (nSPS) is 13.8. The topological polar surface area (TPSA) is 70.6 Å². The third-order valence-electron chi connectivity index (χ3n) is 5.04. The van der Waals surface area contributed by atoms with E-state index >= 15 is 0 Å². The van der Waals surface area contributed by atoms with Crippen LogP contribution < -0.4 is 19.9 Å². The fourth-order valence-electron chi connectivity index (χ4n) is 3.37. The van der Waals surface area contributed by atoms with Gasteiger partial charge in [-0.2, -0.15) is 0 Å². The van der Waals surface area contributed by atoms with E-state index in [1.54, 1.807) is 24.8 Å². The Morgan fingerprint density at radius 2 is 1.97 bits per heavy atom. The number of nitrogens with zero attached hydrogens (tertiary/aromatic N) is 4. The molecule has 1 aliphatic rings. The van der Waals surface area contributed by atoms with Crippen molar-refractivity contribution in [3.05, 3.63) is 59.0 Å². The lowest BCUT2D eigenvalue weighted by atomic mass is 10.2. The Morgan fingerprint density at radius 1 is 1.13 bits per heavy atom. The molecule has 1 saturated heterocycles. The first-order valence-electron chi connectivity index (χ1n) is 10.1. The number of hydrogen-bond acceptors (Lipinski definition) is 8. The van der Waals surface area contributed by atoms with Crippen molar-refractivity contribution in [2.45, 2.75) is 11.6 Å². The summed E-state index contributed by atoms with van der Waals surface area (Å²) in [6.45, 7) is 4.14. The van der Waals surface area contributed by atoms with E-state index in [9.17, 15) is 4.79 Å². The summed E-state index contributed by atoms with van der Waals surface area (Å²) in [6.07, 6.45) is 1.58. The van der Waals surface area contributed by atoms with Crippen molar-refractivity contribution in [3.63, 3.8) is 0 Å². The maximum absolute atomic E-state index is 12.1. The fraction of sp³-hybridized carbons (Fsp3) is 0.318. The second-order valence-corrected chi connectivity index (χ2v) is 9.06. The standard InChI is InChI=1S/C22H25N5O2S2/c1-29-18-5-2-4-17(12-18)26-7-9-27(10-8-26)20-13-22(25-16-24-20)31-15-21(28)23-14-19-6-3-11-30-19/h2-6,11-13,16H,7-10,14-15H2,1H3,(H,23,28). The average molecular weight is 456 g/mol. The molecule has 0 aliphatic carbocycles. The number of piperazine rings is 1. The fourth-order valence-corrected chi connectivity index (χ4v) is 4.71. The van der Waals surface area contributed by atoms with Gasteiger partial charge in [-0.05, 0) is 23.6 Å². The van der Waals surface area contributed by atoms with E-state index in [1.807, 2.05) is 35.7 Å². The smallest absolute Gasteiger partial charge is 0.230 e. The van der Waals surface area contributed by atoms with Gasteiger partial charge in [0, 0.05) is 48.9 Å². The van der Waals surface area contributed by atoms with E-state index < -0.39 is 0 Å². The second-order valence-electron chi connectivity index (χ2n) is 7.03. The summed E-state index contributed by atoms with van der Waals surface area (Å²) < 4.78 is 5.34. The maximum Gasteiger partial charge on any atom is 0.230 e. The van der Waals surface area contributed by atoms with Gasteiger partial charge in [-0.25, -0.2) is 9.97 Å². The van der Waals surface area contributed by atoms with Crippen LogP contribution in [0, 0.1) is 0 Å². The molecule has 3 aromatic rings. The molecular weight excluding hydrogens is 430 g/mol. The summed E-state index contributed by atoms with van der Waals surface area (Å²) >= 11 is 3.07. The highest BCUT2D eigenvalue weighted by Gasteiger charge is 2.19. The van der Waals surface area contributed by atoms with Gasteiger partial charge in [0.1, 0.15) is 22.9 Å². The summed E-state index contributed by atoms with van der Waals surface area (Å²) in [5.41, 5.74) is 1.17. The van der Waals surface area contributed by atoms with Crippen LogP contribution in [0.1, 0.15) is 4.88 Å². The Morgan fingerprint density at radius 3 is 2.74 bits per heavy atom. The van der Waals surface area contributed by atoms with Crippen LogP contribution in [-0.2, 0) is 11.3 Å². The number of methoxy groups -OCH3 is 1. The minimum Gasteiger partial charge on any atom is -0.497 e. The summed E-state index contributed by atoms with van der Waals surface area (Å²) in [4.78, 5) is 26.7. The molecule has 0 bridgehead atoms. The van der Waals surface area contributed by atoms with Crippen molar-refractivity contribution in [2.24, 2.45) is 0 Å². The van der Waals surface area contributed by atoms with E-state index in [2.05, 4.69) is 37.2 Å². The molecule has 0 unspecified atom stereocenters. The van der Waals surface area contributed by atoms with Gasteiger partial charge in [0.05, 0.1) is 19.4 Å². The van der Waals surface area contributed by atoms with E-state index in [1.165, 1.54) is 17.4 Å². The molecule has 3 heterocycles. The van der Waals surface area contributed by atoms with Gasteiger partial charge < -0.3 is 19.9 Å². The number of ether oxygens (including phenoxy) is 1. The molecular formula is C22H25N5O2S2. The highest BCUT2D eigenvalue weighted by Crippen LogP contribution is 2.24. The largest absolute Gasteiger partial charge is 0.497 e. The van der Waals surface area contributed by atoms with Gasteiger partial charge >= 0.3 is 0 Å². The van der Waals surface area contributed by atoms with Gasteiger partial charge in [-0.3, -0.25) is 4.79 Å². The van der Waals surface area contributed by atoms with Crippen LogP contribution in [0.5, 0.6) is 5.75 Å². The van der Waals surface area contributed by atoms with Crippen molar-refractivity contribution in [1.82, 2.24) is 15.3 Å². The highest BCUT2D eigenvalue weighted by molar-refractivity contribution is 7.99. The molecule has 31 heavy (non-hydrogen) atoms. The Kier molecular flexibility index (Phi) is 7.26. The number of thiophene rings is 1. The molecule has 1 N–H and O–H groups in total. The van der Waals surface area contributed by atoms with E-state index in [-0.39, 0.29) is 5.91 Å². The van der Waals surface area contributed by atoms with Crippen molar-refractivity contribution < 1.29 is 9.53 Å². The number of anilines is 2. The van der Waals surface area contributed by atoms with E-state index in [0.717, 1.165) is 47.6 Å². The summed E-state index contributed by atoms with van der Waals surface area (Å²) in [6, 6.07) is 14.1. The lowest BCUT2D eigenvalue weighted by molar-refractivity contribution is -0.118. The van der Waals surface area contributed by atoms with Crippen LogP contribution in [-0.4, -0.2) is 54.9 Å². The third-order valence-corrected chi connectivity index (χ3v) is 6.84. The number of aromatic nitrogens is 2. The minimum absolute atomic E-state index is 0.00506. The Bertz CT molecular complexity index is 991. The number of rotatable bonds is 8. The van der Waals surface area contributed by atoms with Crippen LogP contribution >= 0.6 is 23.1 Å². The highest BCUT2D eigenvalue weighted by atomic mass is 32.2. The van der Waals surface area contributed by atoms with Gasteiger partial charge in [0.2, 0.25) is 5.91 Å². The van der Waals surface area contributed by atoms with Gasteiger partial charge in [-0.15, -0.1) is 11.3 Å². The third kappa shape index (κ3) is 5.89. The first kappa shape index (κ1) is 21.5. The predicted octanol–water partition coefficient (Wildman–Crippen LogP) is 3.28. The molecule has 4 rings (SSSR count). The van der Waals surface area contributed by atoms with Crippen molar-refractivity contribution in [2.75, 3.05) is 48.8 Å². The lowest BCUT2D eigenvalue weighted by Gasteiger charge is -2.36. The van der Waals surface area contributed by atoms with Crippen molar-refractivity contribution in [1.29, 1.82) is 0 Å². The lowest BCUT2D eigenvalue weighted by Crippen LogP contribution is -2.46. The van der Waals surface area contributed by atoms with Crippen LogP contribution in [0.3, 0.4) is 0 Å². The van der Waals surface area contributed by atoms with Gasteiger partial charge in [0.25, 0.3) is 0 Å². The van der Waals surface area contributed by atoms with Crippen LogP contribution in [0.4, 0.5) is 11.5 Å². The summed E-state index contributed by atoms with van der Waals surface area (Å²) in [5, 5.41) is 5.76. The Labute approximate surface area is 190 Å². The molecule has 0 spiro atoms. The first-order chi connectivity index (χ1) is 15.2. The Balaban J connectivity index is 1.28. The minimum atomic E-state index is 0.00506. The number of thioether (sulfide) groups is 1. The molecule has 2 aromatic heterocycles. The van der Waals surface area contributed by atoms with Crippen LogP contribution in [0.15, 0.2) is 59.2 Å². The van der Waals surface area contributed by atoms with E-state index in [4.69, 9.17) is 4.74 Å². The van der Waals surface area contributed by atoms with Gasteiger partial charge in [0.15, 0.2) is 0 Å². The van der Waals surface area contributed by atoms with Crippen LogP contribution in [0.25, 0.3) is 0 Å². The molecule has 0 saturated carbocycles. The molecule has 1 aliphatic heterocycles. The van der Waals surface area contributed by atoms with Crippen molar-refractivity contribution in [3.8, 4) is 5.75 Å². The van der Waals surface area contributed by atoms with Crippen LogP contribution in [0.2, 0.25) is 0 Å².